The van der Waals surface area contributed by atoms with E-state index >= 15 is 0 Å². The van der Waals surface area contributed by atoms with Gasteiger partial charge in [-0.15, -0.1) is 0 Å². The van der Waals surface area contributed by atoms with E-state index in [1.54, 1.807) is 11.0 Å². The molecule has 23 heavy (non-hydrogen) atoms. The number of benzene rings is 1. The predicted octanol–water partition coefficient (Wildman–Crippen LogP) is 2.27. The Labute approximate surface area is 138 Å². The van der Waals surface area contributed by atoms with E-state index in [9.17, 15) is 9.59 Å². The fourth-order valence-electron chi connectivity index (χ4n) is 2.69. The lowest BCUT2D eigenvalue weighted by Gasteiger charge is -2.25. The molecule has 1 aliphatic heterocycles. The van der Waals surface area contributed by atoms with Crippen LogP contribution in [0, 0.1) is 0 Å². The third-order valence-corrected chi connectivity index (χ3v) is 3.72. The van der Waals surface area contributed by atoms with E-state index < -0.39 is 5.60 Å². The maximum absolute atomic E-state index is 12.4. The number of ether oxygens (including phenoxy) is 2. The van der Waals surface area contributed by atoms with Crippen LogP contribution < -0.4 is 10.4 Å². The van der Waals surface area contributed by atoms with E-state index in [1.165, 1.54) is 7.11 Å². The van der Waals surface area contributed by atoms with Gasteiger partial charge in [-0.1, -0.05) is 17.6 Å². The second-order valence-corrected chi connectivity index (χ2v) is 6.72. The molecule has 2 radical (unpaired) electrons. The van der Waals surface area contributed by atoms with Gasteiger partial charge in [0.2, 0.25) is 0 Å². The molecule has 0 saturated carbocycles. The van der Waals surface area contributed by atoms with Gasteiger partial charge in [0.15, 0.2) is 0 Å². The van der Waals surface area contributed by atoms with Gasteiger partial charge in [0.1, 0.15) is 13.4 Å². The highest BCUT2D eigenvalue weighted by atomic mass is 16.6. The number of amides is 1. The summed E-state index contributed by atoms with van der Waals surface area (Å²) in [7, 11) is 7.24. The van der Waals surface area contributed by atoms with Crippen molar-refractivity contribution in [2.24, 2.45) is 0 Å². The van der Waals surface area contributed by atoms with Crippen LogP contribution in [0.4, 0.5) is 10.5 Å². The molecular formula is C17H22BNO4. The van der Waals surface area contributed by atoms with Gasteiger partial charge in [-0.2, -0.15) is 0 Å². The van der Waals surface area contributed by atoms with E-state index in [-0.39, 0.29) is 18.0 Å². The van der Waals surface area contributed by atoms with Gasteiger partial charge in [0, 0.05) is 18.9 Å². The number of carbonyl (C=O) groups is 2. The van der Waals surface area contributed by atoms with Gasteiger partial charge in [-0.3, -0.25) is 9.69 Å². The summed E-state index contributed by atoms with van der Waals surface area (Å²) in [6, 6.07) is 5.45. The summed E-state index contributed by atoms with van der Waals surface area (Å²) in [4.78, 5) is 25.4. The minimum Gasteiger partial charge on any atom is -0.469 e. The van der Waals surface area contributed by atoms with E-state index in [0.29, 0.717) is 24.8 Å². The topological polar surface area (TPSA) is 55.8 Å². The van der Waals surface area contributed by atoms with Crippen LogP contribution in [-0.4, -0.2) is 39.2 Å². The van der Waals surface area contributed by atoms with Crippen molar-refractivity contribution in [3.05, 3.63) is 23.8 Å². The zero-order valence-corrected chi connectivity index (χ0v) is 14.1. The average molecular weight is 315 g/mol. The fraction of sp³-hybridized carbons (Fsp3) is 0.529. The Kier molecular flexibility index (Phi) is 5.02. The minimum absolute atomic E-state index is 0.0418. The summed E-state index contributed by atoms with van der Waals surface area (Å²) in [5.41, 5.74) is 1.84. The Hall–Kier alpha value is -1.98. The first-order chi connectivity index (χ1) is 10.7. The summed E-state index contributed by atoms with van der Waals surface area (Å²) in [5.74, 6) is -0.216. The van der Waals surface area contributed by atoms with E-state index in [4.69, 9.17) is 17.3 Å². The summed E-state index contributed by atoms with van der Waals surface area (Å²) < 4.78 is 10.2. The molecule has 0 saturated heterocycles. The number of carbonyl (C=O) groups excluding carboxylic acids is 2. The van der Waals surface area contributed by atoms with Gasteiger partial charge >= 0.3 is 12.1 Å². The number of esters is 1. The van der Waals surface area contributed by atoms with Crippen molar-refractivity contribution in [2.45, 2.75) is 45.1 Å². The SMILES string of the molecule is [B]c1ccc2c(c1)C(CCC(=O)OC)CN2C(=O)OC(C)(C)C. The Morgan fingerprint density at radius 1 is 1.35 bits per heavy atom. The van der Waals surface area contributed by atoms with Crippen LogP contribution in [0.2, 0.25) is 0 Å². The van der Waals surface area contributed by atoms with Crippen LogP contribution in [0.5, 0.6) is 0 Å². The first kappa shape index (κ1) is 17.4. The molecule has 2 rings (SSSR count). The van der Waals surface area contributed by atoms with Gasteiger partial charge in [0.05, 0.1) is 12.8 Å². The summed E-state index contributed by atoms with van der Waals surface area (Å²) in [6.45, 7) is 5.98. The number of methoxy groups -OCH3 is 1. The molecule has 0 aromatic heterocycles. The van der Waals surface area contributed by atoms with Crippen molar-refractivity contribution in [3.63, 3.8) is 0 Å². The Morgan fingerprint density at radius 2 is 2.04 bits per heavy atom. The molecular weight excluding hydrogens is 293 g/mol. The largest absolute Gasteiger partial charge is 0.469 e. The van der Waals surface area contributed by atoms with Crippen molar-refractivity contribution in [2.75, 3.05) is 18.6 Å². The highest BCUT2D eigenvalue weighted by Gasteiger charge is 2.34. The monoisotopic (exact) mass is 315 g/mol. The van der Waals surface area contributed by atoms with E-state index in [2.05, 4.69) is 0 Å². The summed E-state index contributed by atoms with van der Waals surface area (Å²) >= 11 is 0. The lowest BCUT2D eigenvalue weighted by atomic mass is 9.89. The smallest absolute Gasteiger partial charge is 0.414 e. The maximum Gasteiger partial charge on any atom is 0.414 e. The molecule has 5 nitrogen and oxygen atoms in total. The fourth-order valence-corrected chi connectivity index (χ4v) is 2.69. The molecule has 0 bridgehead atoms. The zero-order chi connectivity index (χ0) is 17.2. The first-order valence-corrected chi connectivity index (χ1v) is 7.68. The van der Waals surface area contributed by atoms with Crippen LogP contribution in [0.3, 0.4) is 0 Å². The van der Waals surface area contributed by atoms with Gasteiger partial charge < -0.3 is 9.47 Å². The summed E-state index contributed by atoms with van der Waals surface area (Å²) in [6.07, 6.45) is 0.518. The second-order valence-electron chi connectivity index (χ2n) is 6.72. The number of nitrogens with zero attached hydrogens (tertiary/aromatic N) is 1. The lowest BCUT2D eigenvalue weighted by Crippen LogP contribution is -2.36. The highest BCUT2D eigenvalue weighted by Crippen LogP contribution is 2.38. The van der Waals surface area contributed by atoms with Gasteiger partial charge in [0.25, 0.3) is 0 Å². The van der Waals surface area contributed by atoms with E-state index in [1.807, 2.05) is 32.9 Å². The molecule has 1 aromatic rings. The Balaban J connectivity index is 2.21. The van der Waals surface area contributed by atoms with Crippen LogP contribution in [0.15, 0.2) is 18.2 Å². The molecule has 1 atom stereocenters. The molecule has 0 spiro atoms. The molecule has 0 fully saturated rings. The summed E-state index contributed by atoms with van der Waals surface area (Å²) in [5, 5.41) is 0. The first-order valence-electron chi connectivity index (χ1n) is 7.68. The van der Waals surface area contributed by atoms with Crippen LogP contribution in [-0.2, 0) is 14.3 Å². The molecule has 1 unspecified atom stereocenters. The van der Waals surface area contributed by atoms with Crippen LogP contribution in [0.25, 0.3) is 0 Å². The standard InChI is InChI=1S/C17H22BNO4/c1-17(2,3)23-16(21)19-10-11(5-8-15(20)22-4)13-9-12(18)6-7-14(13)19/h6-7,9,11H,5,8,10H2,1-4H3. The molecule has 6 heteroatoms. The minimum atomic E-state index is -0.560. The zero-order valence-electron chi connectivity index (χ0n) is 14.1. The number of hydrogen-bond donors (Lipinski definition) is 0. The number of hydrogen-bond acceptors (Lipinski definition) is 4. The van der Waals surface area contributed by atoms with Crippen LogP contribution >= 0.6 is 0 Å². The Bertz CT molecular complexity index is 609. The number of rotatable bonds is 3. The number of anilines is 1. The highest BCUT2D eigenvalue weighted by molar-refractivity contribution is 6.32. The van der Waals surface area contributed by atoms with Crippen molar-refractivity contribution in [1.82, 2.24) is 0 Å². The predicted molar refractivity (Wildman–Crippen MR) is 89.4 cm³/mol. The average Bonchev–Trinajstić information content (AvgIpc) is 2.81. The third kappa shape index (κ3) is 4.27. The molecule has 1 amide bonds. The van der Waals surface area contributed by atoms with Crippen molar-refractivity contribution >= 4 is 31.1 Å². The Morgan fingerprint density at radius 3 is 2.65 bits per heavy atom. The van der Waals surface area contributed by atoms with Crippen LogP contribution in [0.1, 0.15) is 45.1 Å². The van der Waals surface area contributed by atoms with Crippen molar-refractivity contribution in [3.8, 4) is 0 Å². The normalized spacial score (nSPS) is 16.9. The maximum atomic E-state index is 12.4. The molecule has 122 valence electrons. The quantitative estimate of drug-likeness (QED) is 0.634. The molecule has 1 aromatic carbocycles. The molecule has 1 heterocycles. The van der Waals surface area contributed by atoms with Crippen molar-refractivity contribution in [1.29, 1.82) is 0 Å². The molecule has 0 N–H and O–H groups in total. The lowest BCUT2D eigenvalue weighted by molar-refractivity contribution is -0.140. The van der Waals surface area contributed by atoms with Gasteiger partial charge in [-0.25, -0.2) is 4.79 Å². The van der Waals surface area contributed by atoms with Crippen molar-refractivity contribution < 1.29 is 19.1 Å². The molecule has 1 aliphatic rings. The number of fused-ring (bicyclic) bond motifs is 1. The van der Waals surface area contributed by atoms with Gasteiger partial charge in [-0.05, 0) is 38.8 Å². The second kappa shape index (κ2) is 6.65. The third-order valence-electron chi connectivity index (χ3n) is 3.72. The van der Waals surface area contributed by atoms with E-state index in [0.717, 1.165) is 11.3 Å². The molecule has 0 aliphatic carbocycles.